The Morgan fingerprint density at radius 2 is 2.00 bits per heavy atom. The number of likely N-dealkylation sites (N-methyl/N-ethyl adjacent to an activating group) is 1. The van der Waals surface area contributed by atoms with E-state index in [0.717, 1.165) is 10.9 Å². The largest absolute Gasteiger partial charge is 0.497 e. The summed E-state index contributed by atoms with van der Waals surface area (Å²) in [5.41, 5.74) is 1.14. The number of para-hydroxylation sites is 1. The minimum Gasteiger partial charge on any atom is -0.497 e. The molecule has 2 aromatic heterocycles. The summed E-state index contributed by atoms with van der Waals surface area (Å²) in [6.45, 7) is 3.65. The normalized spacial score (nSPS) is 16.7. The van der Waals surface area contributed by atoms with E-state index >= 15 is 0 Å². The van der Waals surface area contributed by atoms with E-state index in [1.54, 1.807) is 43.5 Å². The van der Waals surface area contributed by atoms with Gasteiger partial charge in [-0.25, -0.2) is 4.98 Å². The van der Waals surface area contributed by atoms with E-state index in [2.05, 4.69) is 15.6 Å². The van der Waals surface area contributed by atoms with E-state index in [4.69, 9.17) is 13.9 Å². The third-order valence-corrected chi connectivity index (χ3v) is 6.70. The molecule has 1 aliphatic rings. The van der Waals surface area contributed by atoms with Gasteiger partial charge in [0, 0.05) is 42.9 Å². The number of hydrogen-bond donors (Lipinski definition) is 3. The van der Waals surface area contributed by atoms with Crippen molar-refractivity contribution in [1.29, 1.82) is 0 Å². The van der Waals surface area contributed by atoms with Gasteiger partial charge in [-0.05, 0) is 49.8 Å². The zero-order chi connectivity index (χ0) is 28.4. The molecule has 1 aliphatic heterocycles. The number of nitrogens with one attached hydrogen (secondary N) is 2. The van der Waals surface area contributed by atoms with Crippen molar-refractivity contribution in [3.63, 3.8) is 0 Å². The predicted octanol–water partition coefficient (Wildman–Crippen LogP) is 4.72. The number of aryl methyl sites for hydroxylation is 1. The molecule has 1 unspecified atom stereocenters. The minimum atomic E-state index is -1.56. The Balaban J connectivity index is 1.30. The van der Waals surface area contributed by atoms with Gasteiger partial charge in [-0.3, -0.25) is 9.59 Å². The second-order valence-corrected chi connectivity index (χ2v) is 9.82. The highest BCUT2D eigenvalue weighted by Crippen LogP contribution is 2.36. The van der Waals surface area contributed by atoms with Crippen LogP contribution >= 0.6 is 0 Å². The SMILES string of the molecule is COc1cccc(Oc2cccc3c(CN(C)C(=O)C=Cc4cnc5c(c4)NCC(C)(O)C(=O)N5)c(C)oc23)c1. The van der Waals surface area contributed by atoms with Gasteiger partial charge in [-0.15, -0.1) is 0 Å². The molecule has 0 bridgehead atoms. The number of rotatable bonds is 7. The molecule has 3 heterocycles. The first-order valence-corrected chi connectivity index (χ1v) is 12.7. The number of aromatic nitrogens is 1. The molecule has 2 amide bonds. The van der Waals surface area contributed by atoms with Crippen LogP contribution in [0.25, 0.3) is 17.0 Å². The second-order valence-electron chi connectivity index (χ2n) is 9.82. The van der Waals surface area contributed by atoms with Gasteiger partial charge in [-0.1, -0.05) is 18.2 Å². The van der Waals surface area contributed by atoms with Crippen LogP contribution < -0.4 is 20.1 Å². The number of furan rings is 1. The van der Waals surface area contributed by atoms with Crippen LogP contribution in [0.15, 0.2) is 65.2 Å². The third-order valence-electron chi connectivity index (χ3n) is 6.70. The number of anilines is 2. The number of benzene rings is 2. The molecule has 0 radical (unpaired) electrons. The van der Waals surface area contributed by atoms with Gasteiger partial charge in [0.15, 0.2) is 22.8 Å². The molecule has 0 saturated heterocycles. The fourth-order valence-electron chi connectivity index (χ4n) is 4.34. The van der Waals surface area contributed by atoms with Crippen LogP contribution in [0.5, 0.6) is 17.2 Å². The Morgan fingerprint density at radius 1 is 1.23 bits per heavy atom. The zero-order valence-electron chi connectivity index (χ0n) is 22.6. The molecule has 0 saturated carbocycles. The molecule has 5 rings (SSSR count). The highest BCUT2D eigenvalue weighted by molar-refractivity contribution is 6.00. The average molecular weight is 543 g/mol. The Morgan fingerprint density at radius 3 is 2.80 bits per heavy atom. The Hall–Kier alpha value is -4.83. The van der Waals surface area contributed by atoms with Crippen molar-refractivity contribution in [2.75, 3.05) is 31.3 Å². The predicted molar refractivity (Wildman–Crippen MR) is 152 cm³/mol. The Kier molecular flexibility index (Phi) is 7.19. The van der Waals surface area contributed by atoms with E-state index in [1.165, 1.54) is 13.0 Å². The van der Waals surface area contributed by atoms with Crippen LogP contribution in [0.1, 0.15) is 23.8 Å². The number of methoxy groups -OCH3 is 1. The van der Waals surface area contributed by atoms with Gasteiger partial charge in [0.25, 0.3) is 5.91 Å². The van der Waals surface area contributed by atoms with Gasteiger partial charge in [0.1, 0.15) is 17.3 Å². The molecule has 40 heavy (non-hydrogen) atoms. The van der Waals surface area contributed by atoms with E-state index < -0.39 is 11.5 Å². The molecule has 3 N–H and O–H groups in total. The number of carbonyl (C=O) groups is 2. The van der Waals surface area contributed by atoms with Crippen LogP contribution in [0, 0.1) is 6.92 Å². The number of amides is 2. The van der Waals surface area contributed by atoms with Crippen molar-refractivity contribution in [1.82, 2.24) is 9.88 Å². The lowest BCUT2D eigenvalue weighted by Gasteiger charge is -2.18. The first kappa shape index (κ1) is 26.8. The molecule has 4 aromatic rings. The number of carbonyl (C=O) groups excluding carboxylic acids is 2. The molecule has 10 heteroatoms. The second kappa shape index (κ2) is 10.7. The number of β-amino-alcohol motifs (C(OH)–C–C–N with tert-alkyl or cyclic N) is 1. The molecule has 10 nitrogen and oxygen atoms in total. The van der Waals surface area contributed by atoms with Gasteiger partial charge < -0.3 is 34.5 Å². The lowest BCUT2D eigenvalue weighted by molar-refractivity contribution is -0.131. The maximum Gasteiger partial charge on any atom is 0.259 e. The quantitative estimate of drug-likeness (QED) is 0.286. The van der Waals surface area contributed by atoms with Gasteiger partial charge in [0.05, 0.1) is 19.3 Å². The Labute approximate surface area is 231 Å². The van der Waals surface area contributed by atoms with Gasteiger partial charge in [0.2, 0.25) is 5.91 Å². The summed E-state index contributed by atoms with van der Waals surface area (Å²) in [6, 6.07) is 14.7. The van der Waals surface area contributed by atoms with Crippen LogP contribution in [0.3, 0.4) is 0 Å². The maximum atomic E-state index is 13.0. The van der Waals surface area contributed by atoms with Crippen molar-refractivity contribution in [2.45, 2.75) is 26.0 Å². The number of nitrogens with zero attached hydrogens (tertiary/aromatic N) is 2. The number of ether oxygens (including phenoxy) is 2. The summed E-state index contributed by atoms with van der Waals surface area (Å²) in [5.74, 6) is 2.14. The van der Waals surface area contributed by atoms with E-state index in [-0.39, 0.29) is 12.5 Å². The molecule has 206 valence electrons. The van der Waals surface area contributed by atoms with Crippen molar-refractivity contribution in [3.8, 4) is 17.2 Å². The van der Waals surface area contributed by atoms with Crippen LogP contribution in [0.2, 0.25) is 0 Å². The summed E-state index contributed by atoms with van der Waals surface area (Å²) in [6.07, 6.45) is 4.66. The van der Waals surface area contributed by atoms with Crippen LogP contribution in [-0.4, -0.2) is 53.1 Å². The molecule has 0 aliphatic carbocycles. The first-order valence-electron chi connectivity index (χ1n) is 12.7. The highest BCUT2D eigenvalue weighted by atomic mass is 16.5. The number of pyridine rings is 1. The van der Waals surface area contributed by atoms with E-state index in [0.29, 0.717) is 52.2 Å². The smallest absolute Gasteiger partial charge is 0.259 e. The third kappa shape index (κ3) is 5.48. The van der Waals surface area contributed by atoms with E-state index in [9.17, 15) is 14.7 Å². The lowest BCUT2D eigenvalue weighted by Crippen LogP contribution is -2.43. The summed E-state index contributed by atoms with van der Waals surface area (Å²) in [4.78, 5) is 30.9. The zero-order valence-corrected chi connectivity index (χ0v) is 22.6. The van der Waals surface area contributed by atoms with Crippen molar-refractivity contribution in [3.05, 3.63) is 77.7 Å². The van der Waals surface area contributed by atoms with Crippen molar-refractivity contribution in [2.24, 2.45) is 0 Å². The fourth-order valence-corrected chi connectivity index (χ4v) is 4.34. The first-order chi connectivity index (χ1) is 19.1. The molecule has 0 spiro atoms. The number of fused-ring (bicyclic) bond motifs is 2. The molecule has 0 fully saturated rings. The highest BCUT2D eigenvalue weighted by Gasteiger charge is 2.33. The number of hydrogen-bond acceptors (Lipinski definition) is 8. The van der Waals surface area contributed by atoms with E-state index in [1.807, 2.05) is 43.3 Å². The topological polar surface area (TPSA) is 126 Å². The number of aliphatic hydroxyl groups is 1. The standard InChI is InChI=1S/C30H30N4O6/c1-18-23(22-9-6-10-25(27(22)39-18)40-21-8-5-7-20(14-21)38-4)16-34(3)26(35)12-11-19-13-24-28(31-15-19)33-29(36)30(2,37)17-32-24/h5-15,32,37H,16-17H2,1-4H3,(H,31,33,36). The Bertz CT molecular complexity index is 1620. The average Bonchev–Trinajstić information content (AvgIpc) is 3.21. The molecule has 1 atom stereocenters. The fraction of sp³-hybridized carbons (Fsp3) is 0.233. The lowest BCUT2D eigenvalue weighted by atomic mass is 10.1. The summed E-state index contributed by atoms with van der Waals surface area (Å²) < 4.78 is 17.5. The maximum absolute atomic E-state index is 13.0. The van der Waals surface area contributed by atoms with Gasteiger partial charge in [-0.2, -0.15) is 0 Å². The monoisotopic (exact) mass is 542 g/mol. The molecular formula is C30H30N4O6. The molecular weight excluding hydrogens is 512 g/mol. The van der Waals surface area contributed by atoms with Crippen LogP contribution in [0.4, 0.5) is 11.5 Å². The minimum absolute atomic E-state index is 0.0344. The van der Waals surface area contributed by atoms with Crippen molar-refractivity contribution < 1.29 is 28.6 Å². The van der Waals surface area contributed by atoms with Crippen LogP contribution in [-0.2, 0) is 16.1 Å². The summed E-state index contributed by atoms with van der Waals surface area (Å²) in [7, 11) is 3.32. The van der Waals surface area contributed by atoms with Crippen molar-refractivity contribution >= 4 is 40.4 Å². The summed E-state index contributed by atoms with van der Waals surface area (Å²) in [5, 5.41) is 16.7. The van der Waals surface area contributed by atoms with Gasteiger partial charge >= 0.3 is 0 Å². The molecule has 2 aromatic carbocycles. The summed E-state index contributed by atoms with van der Waals surface area (Å²) >= 11 is 0.